The van der Waals surface area contributed by atoms with Crippen LogP contribution in [-0.4, -0.2) is 15.9 Å². The van der Waals surface area contributed by atoms with Crippen molar-refractivity contribution in [2.45, 2.75) is 0 Å². The number of ether oxygens (including phenoxy) is 1. The van der Waals surface area contributed by atoms with Crippen molar-refractivity contribution in [3.8, 4) is 11.5 Å². The summed E-state index contributed by atoms with van der Waals surface area (Å²) in [5.74, 6) is 0.237. The van der Waals surface area contributed by atoms with Crippen LogP contribution in [0.25, 0.3) is 11.0 Å². The molecule has 0 unspecified atom stereocenters. The van der Waals surface area contributed by atoms with Crippen molar-refractivity contribution >= 4 is 22.6 Å². The van der Waals surface area contributed by atoms with Crippen LogP contribution >= 0.6 is 0 Å². The molecule has 0 radical (unpaired) electrons. The second-order valence-electron chi connectivity index (χ2n) is 5.77. The second kappa shape index (κ2) is 7.21. The summed E-state index contributed by atoms with van der Waals surface area (Å²) in [6, 6.07) is 18.7. The van der Waals surface area contributed by atoms with E-state index in [4.69, 9.17) is 4.74 Å². The van der Waals surface area contributed by atoms with Gasteiger partial charge in [0.15, 0.2) is 0 Å². The first-order chi connectivity index (χ1) is 13.2. The van der Waals surface area contributed by atoms with E-state index in [1.807, 2.05) is 30.3 Å². The van der Waals surface area contributed by atoms with Gasteiger partial charge in [-0.05, 0) is 30.3 Å². The molecule has 4 aromatic rings. The highest BCUT2D eigenvalue weighted by Gasteiger charge is 2.14. The van der Waals surface area contributed by atoms with Gasteiger partial charge in [0.05, 0.1) is 11.1 Å². The maximum atomic E-state index is 13.8. The minimum absolute atomic E-state index is 0.118. The number of nitrogens with zero attached hydrogens (tertiary/aromatic N) is 2. The number of halogens is 1. The van der Waals surface area contributed by atoms with E-state index >= 15 is 0 Å². The number of aromatic nitrogens is 2. The van der Waals surface area contributed by atoms with E-state index in [1.54, 1.807) is 24.3 Å². The Morgan fingerprint density at radius 2 is 1.67 bits per heavy atom. The van der Waals surface area contributed by atoms with Gasteiger partial charge < -0.3 is 10.1 Å². The smallest absolute Gasteiger partial charge is 0.258 e. The molecule has 4 rings (SSSR count). The van der Waals surface area contributed by atoms with Gasteiger partial charge in [-0.25, -0.2) is 4.39 Å². The van der Waals surface area contributed by atoms with Crippen molar-refractivity contribution in [2.24, 2.45) is 0 Å². The number of carbonyl (C=O) groups is 1. The molecule has 0 fully saturated rings. The summed E-state index contributed by atoms with van der Waals surface area (Å²) < 4.78 is 19.6. The second-order valence-corrected chi connectivity index (χ2v) is 5.77. The van der Waals surface area contributed by atoms with Crippen molar-refractivity contribution in [1.29, 1.82) is 0 Å². The van der Waals surface area contributed by atoms with E-state index < -0.39 is 11.7 Å². The van der Waals surface area contributed by atoms with Gasteiger partial charge in [0, 0.05) is 30.2 Å². The number of anilines is 1. The van der Waals surface area contributed by atoms with E-state index in [-0.39, 0.29) is 5.56 Å². The SMILES string of the molecule is O=C(Nc1cccc(Oc2ccccc2)c1)c1cc(F)cc2nccnc12. The Labute approximate surface area is 154 Å². The van der Waals surface area contributed by atoms with Crippen molar-refractivity contribution in [3.05, 3.63) is 90.5 Å². The molecule has 0 aliphatic heterocycles. The van der Waals surface area contributed by atoms with Gasteiger partial charge >= 0.3 is 0 Å². The predicted octanol–water partition coefficient (Wildman–Crippen LogP) is 4.81. The molecule has 0 spiro atoms. The highest BCUT2D eigenvalue weighted by Crippen LogP contribution is 2.25. The molecule has 6 heteroatoms. The van der Waals surface area contributed by atoms with E-state index in [9.17, 15) is 9.18 Å². The normalized spacial score (nSPS) is 10.6. The summed E-state index contributed by atoms with van der Waals surface area (Å²) in [7, 11) is 0. The highest BCUT2D eigenvalue weighted by molar-refractivity contribution is 6.11. The summed E-state index contributed by atoms with van der Waals surface area (Å²) in [4.78, 5) is 20.9. The zero-order valence-corrected chi connectivity index (χ0v) is 14.1. The standard InChI is InChI=1S/C21H14FN3O2/c22-14-11-18(20-19(12-14)23-9-10-24-20)21(26)25-15-5-4-8-17(13-15)27-16-6-2-1-3-7-16/h1-13H,(H,25,26). The molecule has 3 aromatic carbocycles. The van der Waals surface area contributed by atoms with Crippen LogP contribution in [0.4, 0.5) is 10.1 Å². The van der Waals surface area contributed by atoms with E-state index in [0.717, 1.165) is 6.07 Å². The van der Waals surface area contributed by atoms with Crippen LogP contribution in [0.5, 0.6) is 11.5 Å². The molecular weight excluding hydrogens is 345 g/mol. The summed E-state index contributed by atoms with van der Waals surface area (Å²) in [6.07, 6.45) is 2.92. The van der Waals surface area contributed by atoms with Gasteiger partial charge in [-0.2, -0.15) is 0 Å². The number of carbonyl (C=O) groups excluding carboxylic acids is 1. The number of amides is 1. The summed E-state index contributed by atoms with van der Waals surface area (Å²) in [6.45, 7) is 0. The van der Waals surface area contributed by atoms with Crippen LogP contribution in [-0.2, 0) is 0 Å². The number of hydrogen-bond acceptors (Lipinski definition) is 4. The lowest BCUT2D eigenvalue weighted by Crippen LogP contribution is -2.13. The monoisotopic (exact) mass is 359 g/mol. The lowest BCUT2D eigenvalue weighted by Gasteiger charge is -2.10. The molecule has 132 valence electrons. The quantitative estimate of drug-likeness (QED) is 0.568. The van der Waals surface area contributed by atoms with Gasteiger partial charge in [-0.1, -0.05) is 24.3 Å². The molecule has 5 nitrogen and oxygen atoms in total. The van der Waals surface area contributed by atoms with Crippen molar-refractivity contribution in [1.82, 2.24) is 9.97 Å². The number of para-hydroxylation sites is 1. The van der Waals surface area contributed by atoms with Crippen LogP contribution in [0.3, 0.4) is 0 Å². The number of rotatable bonds is 4. The number of hydrogen-bond donors (Lipinski definition) is 1. The molecule has 1 heterocycles. The Bertz CT molecular complexity index is 1120. The maximum Gasteiger partial charge on any atom is 0.258 e. The largest absolute Gasteiger partial charge is 0.457 e. The van der Waals surface area contributed by atoms with Crippen LogP contribution in [0, 0.1) is 5.82 Å². The lowest BCUT2D eigenvalue weighted by atomic mass is 10.1. The molecule has 27 heavy (non-hydrogen) atoms. The van der Waals surface area contributed by atoms with Crippen LogP contribution in [0.1, 0.15) is 10.4 Å². The lowest BCUT2D eigenvalue weighted by molar-refractivity contribution is 0.102. The summed E-state index contributed by atoms with van der Waals surface area (Å²) in [5, 5.41) is 2.75. The average molecular weight is 359 g/mol. The van der Waals surface area contributed by atoms with Gasteiger partial charge in [-0.3, -0.25) is 14.8 Å². The highest BCUT2D eigenvalue weighted by atomic mass is 19.1. The maximum absolute atomic E-state index is 13.8. The van der Waals surface area contributed by atoms with Crippen molar-refractivity contribution in [3.63, 3.8) is 0 Å². The molecule has 0 aliphatic carbocycles. The first kappa shape index (κ1) is 16.7. The minimum atomic E-state index is -0.547. The predicted molar refractivity (Wildman–Crippen MR) is 100 cm³/mol. The third-order valence-corrected chi connectivity index (χ3v) is 3.85. The Morgan fingerprint density at radius 3 is 2.52 bits per heavy atom. The van der Waals surface area contributed by atoms with Gasteiger partial charge in [0.1, 0.15) is 22.8 Å². The molecule has 0 saturated heterocycles. The number of benzene rings is 3. The summed E-state index contributed by atoms with van der Waals surface area (Å²) >= 11 is 0. The molecule has 1 N–H and O–H groups in total. The fourth-order valence-corrected chi connectivity index (χ4v) is 2.67. The average Bonchev–Trinajstić information content (AvgIpc) is 2.68. The minimum Gasteiger partial charge on any atom is -0.457 e. The topological polar surface area (TPSA) is 64.1 Å². The van der Waals surface area contributed by atoms with Crippen LogP contribution < -0.4 is 10.1 Å². The van der Waals surface area contributed by atoms with E-state index in [2.05, 4.69) is 15.3 Å². The fraction of sp³-hybridized carbons (Fsp3) is 0. The van der Waals surface area contributed by atoms with Gasteiger partial charge in [0.2, 0.25) is 0 Å². The van der Waals surface area contributed by atoms with Crippen molar-refractivity contribution < 1.29 is 13.9 Å². The fourth-order valence-electron chi connectivity index (χ4n) is 2.67. The Balaban J connectivity index is 1.60. The Kier molecular flexibility index (Phi) is 4.45. The zero-order valence-electron chi connectivity index (χ0n) is 14.1. The number of fused-ring (bicyclic) bond motifs is 1. The van der Waals surface area contributed by atoms with E-state index in [1.165, 1.54) is 18.5 Å². The van der Waals surface area contributed by atoms with Gasteiger partial charge in [-0.15, -0.1) is 0 Å². The van der Waals surface area contributed by atoms with Crippen LogP contribution in [0.2, 0.25) is 0 Å². The summed E-state index contributed by atoms with van der Waals surface area (Å²) in [5.41, 5.74) is 1.30. The van der Waals surface area contributed by atoms with Crippen LogP contribution in [0.15, 0.2) is 79.1 Å². The number of nitrogens with one attached hydrogen (secondary N) is 1. The van der Waals surface area contributed by atoms with E-state index in [0.29, 0.717) is 28.2 Å². The van der Waals surface area contributed by atoms with Gasteiger partial charge in [0.25, 0.3) is 5.91 Å². The molecule has 0 saturated carbocycles. The third kappa shape index (κ3) is 3.74. The first-order valence-electron chi connectivity index (χ1n) is 8.24. The molecule has 0 bridgehead atoms. The third-order valence-electron chi connectivity index (χ3n) is 3.85. The zero-order chi connectivity index (χ0) is 18.6. The molecule has 0 atom stereocenters. The molecule has 1 aromatic heterocycles. The Hall–Kier alpha value is -3.80. The Morgan fingerprint density at radius 1 is 0.889 bits per heavy atom. The first-order valence-corrected chi connectivity index (χ1v) is 8.24. The molecular formula is C21H14FN3O2. The van der Waals surface area contributed by atoms with Crippen molar-refractivity contribution in [2.75, 3.05) is 5.32 Å². The molecule has 0 aliphatic rings. The molecule has 1 amide bonds.